The number of fused-ring (bicyclic) bond motifs is 1. The van der Waals surface area contributed by atoms with E-state index in [1.807, 2.05) is 29.6 Å². The lowest BCUT2D eigenvalue weighted by Crippen LogP contribution is -2.52. The zero-order valence-corrected chi connectivity index (χ0v) is 15.8. The van der Waals surface area contributed by atoms with Crippen LogP contribution in [0.4, 0.5) is 0 Å². The van der Waals surface area contributed by atoms with Gasteiger partial charge in [0.2, 0.25) is 11.8 Å². The maximum atomic E-state index is 12.7. The highest BCUT2D eigenvalue weighted by Crippen LogP contribution is 2.34. The van der Waals surface area contributed by atoms with Gasteiger partial charge in [0.25, 0.3) is 5.91 Å². The first-order valence-electron chi connectivity index (χ1n) is 9.02. The van der Waals surface area contributed by atoms with E-state index in [2.05, 4.69) is 12.2 Å². The van der Waals surface area contributed by atoms with Gasteiger partial charge in [0.15, 0.2) is 0 Å². The molecule has 6 nitrogen and oxygen atoms in total. The normalized spacial score (nSPS) is 19.2. The summed E-state index contributed by atoms with van der Waals surface area (Å²) in [5, 5.41) is 4.16. The second kappa shape index (κ2) is 7.15. The Kier molecular flexibility index (Phi) is 4.70. The average Bonchev–Trinajstić information content (AvgIpc) is 3.21. The summed E-state index contributed by atoms with van der Waals surface area (Å²) in [6.07, 6.45) is 1.62. The molecule has 3 amide bonds. The van der Waals surface area contributed by atoms with Crippen molar-refractivity contribution in [1.29, 1.82) is 0 Å². The minimum atomic E-state index is -0.581. The Morgan fingerprint density at radius 3 is 2.70 bits per heavy atom. The van der Waals surface area contributed by atoms with Crippen molar-refractivity contribution in [3.8, 4) is 5.75 Å². The molecule has 0 bridgehead atoms. The number of amides is 3. The van der Waals surface area contributed by atoms with Crippen molar-refractivity contribution < 1.29 is 19.1 Å². The van der Waals surface area contributed by atoms with E-state index >= 15 is 0 Å². The molecule has 2 aliphatic rings. The molecule has 4 rings (SSSR count). The molecule has 7 heteroatoms. The van der Waals surface area contributed by atoms with Crippen LogP contribution in [0, 0.1) is 0 Å². The molecule has 2 aromatic rings. The Labute approximate surface area is 161 Å². The van der Waals surface area contributed by atoms with Gasteiger partial charge in [0.05, 0.1) is 5.56 Å². The van der Waals surface area contributed by atoms with Crippen molar-refractivity contribution in [2.45, 2.75) is 45.4 Å². The largest absolute Gasteiger partial charge is 0.488 e. The van der Waals surface area contributed by atoms with E-state index in [9.17, 15) is 14.4 Å². The third kappa shape index (κ3) is 3.35. The van der Waals surface area contributed by atoms with Gasteiger partial charge in [0.1, 0.15) is 18.4 Å². The predicted molar refractivity (Wildman–Crippen MR) is 101 cm³/mol. The number of thiophene rings is 1. The lowest BCUT2D eigenvalue weighted by molar-refractivity contribution is -0.136. The summed E-state index contributed by atoms with van der Waals surface area (Å²) in [6, 6.07) is 7.41. The maximum Gasteiger partial charge on any atom is 0.256 e. The molecule has 0 aliphatic carbocycles. The monoisotopic (exact) mass is 384 g/mol. The molecule has 0 spiro atoms. The SMILES string of the molecule is CCc1ccc(OCc2scc3c2CN(C2CCC(=O)NC2=O)C3=O)cc1. The highest BCUT2D eigenvalue weighted by Gasteiger charge is 2.40. The zero-order valence-electron chi connectivity index (χ0n) is 15.0. The van der Waals surface area contributed by atoms with Crippen LogP contribution in [0.1, 0.15) is 46.1 Å². The molecule has 1 atom stereocenters. The fraction of sp³-hybridized carbons (Fsp3) is 0.350. The molecular weight excluding hydrogens is 364 g/mol. The van der Waals surface area contributed by atoms with Crippen LogP contribution in [0.25, 0.3) is 0 Å². The molecule has 0 radical (unpaired) electrons. The molecule has 1 aromatic heterocycles. The van der Waals surface area contributed by atoms with Crippen LogP contribution in [0.3, 0.4) is 0 Å². The molecule has 0 saturated carbocycles. The predicted octanol–water partition coefficient (Wildman–Crippen LogP) is 2.65. The van der Waals surface area contributed by atoms with E-state index in [1.165, 1.54) is 16.9 Å². The van der Waals surface area contributed by atoms with Gasteiger partial charge in [-0.05, 0) is 30.5 Å². The van der Waals surface area contributed by atoms with Gasteiger partial charge in [-0.3, -0.25) is 19.7 Å². The smallest absolute Gasteiger partial charge is 0.256 e. The van der Waals surface area contributed by atoms with Crippen molar-refractivity contribution >= 4 is 29.1 Å². The van der Waals surface area contributed by atoms with E-state index in [1.54, 1.807) is 4.90 Å². The Bertz CT molecular complexity index is 903. The first-order valence-corrected chi connectivity index (χ1v) is 9.90. The van der Waals surface area contributed by atoms with Gasteiger partial charge in [-0.2, -0.15) is 0 Å². The number of aryl methyl sites for hydroxylation is 1. The second-order valence-electron chi connectivity index (χ2n) is 6.74. The molecule has 140 valence electrons. The van der Waals surface area contributed by atoms with Gasteiger partial charge >= 0.3 is 0 Å². The topological polar surface area (TPSA) is 75.7 Å². The summed E-state index contributed by atoms with van der Waals surface area (Å²) in [5.41, 5.74) is 2.83. The van der Waals surface area contributed by atoms with Gasteiger partial charge in [-0.1, -0.05) is 19.1 Å². The van der Waals surface area contributed by atoms with E-state index in [0.717, 1.165) is 22.6 Å². The van der Waals surface area contributed by atoms with Crippen LogP contribution in [0.2, 0.25) is 0 Å². The quantitative estimate of drug-likeness (QED) is 0.804. The zero-order chi connectivity index (χ0) is 19.0. The fourth-order valence-electron chi connectivity index (χ4n) is 3.49. The summed E-state index contributed by atoms with van der Waals surface area (Å²) in [5.74, 6) is -0.0162. The number of rotatable bonds is 5. The molecular formula is C20H20N2O4S. The standard InChI is InChI=1S/C20H20N2O4S/c1-2-12-3-5-13(6-4-12)26-10-17-14-9-22(20(25)15(14)11-27-17)16-7-8-18(23)21-19(16)24/h3-6,11,16H,2,7-10H2,1H3,(H,21,23,24). The van der Waals surface area contributed by atoms with E-state index in [4.69, 9.17) is 4.74 Å². The Morgan fingerprint density at radius 1 is 1.22 bits per heavy atom. The first-order chi connectivity index (χ1) is 13.1. The van der Waals surface area contributed by atoms with E-state index in [-0.39, 0.29) is 24.1 Å². The number of nitrogens with zero attached hydrogens (tertiary/aromatic N) is 1. The minimum absolute atomic E-state index is 0.144. The van der Waals surface area contributed by atoms with Crippen LogP contribution in [0.15, 0.2) is 29.6 Å². The highest BCUT2D eigenvalue weighted by molar-refractivity contribution is 7.10. The number of ether oxygens (including phenoxy) is 1. The van der Waals surface area contributed by atoms with Gasteiger partial charge in [-0.15, -0.1) is 11.3 Å². The first kappa shape index (κ1) is 17.7. The van der Waals surface area contributed by atoms with Crippen LogP contribution >= 0.6 is 11.3 Å². The van der Waals surface area contributed by atoms with Crippen molar-refractivity contribution in [2.24, 2.45) is 0 Å². The number of benzene rings is 1. The number of carbonyl (C=O) groups is 3. The lowest BCUT2D eigenvalue weighted by Gasteiger charge is -2.29. The van der Waals surface area contributed by atoms with Crippen molar-refractivity contribution in [2.75, 3.05) is 0 Å². The Morgan fingerprint density at radius 2 is 2.00 bits per heavy atom. The number of imide groups is 1. The molecule has 1 fully saturated rings. The molecule has 1 N–H and O–H groups in total. The second-order valence-corrected chi connectivity index (χ2v) is 7.70. The van der Waals surface area contributed by atoms with Crippen LogP contribution in [0.5, 0.6) is 5.75 Å². The lowest BCUT2D eigenvalue weighted by atomic mass is 10.0. The Hall–Kier alpha value is -2.67. The molecule has 1 saturated heterocycles. The summed E-state index contributed by atoms with van der Waals surface area (Å²) in [6.45, 7) is 2.88. The minimum Gasteiger partial charge on any atom is -0.488 e. The summed E-state index contributed by atoms with van der Waals surface area (Å²) >= 11 is 1.51. The van der Waals surface area contributed by atoms with Gasteiger partial charge in [-0.25, -0.2) is 0 Å². The van der Waals surface area contributed by atoms with Crippen LogP contribution in [-0.4, -0.2) is 28.7 Å². The van der Waals surface area contributed by atoms with Gasteiger partial charge in [0, 0.05) is 28.8 Å². The molecule has 27 heavy (non-hydrogen) atoms. The average molecular weight is 384 g/mol. The van der Waals surface area contributed by atoms with E-state index < -0.39 is 6.04 Å². The van der Waals surface area contributed by atoms with Crippen molar-refractivity contribution in [3.63, 3.8) is 0 Å². The van der Waals surface area contributed by atoms with Crippen molar-refractivity contribution in [1.82, 2.24) is 10.2 Å². The summed E-state index contributed by atoms with van der Waals surface area (Å²) in [4.78, 5) is 38.7. The highest BCUT2D eigenvalue weighted by atomic mass is 32.1. The summed E-state index contributed by atoms with van der Waals surface area (Å²) < 4.78 is 5.88. The van der Waals surface area contributed by atoms with Gasteiger partial charge < -0.3 is 9.64 Å². The molecule has 1 unspecified atom stereocenters. The number of piperidine rings is 1. The van der Waals surface area contributed by atoms with Crippen LogP contribution < -0.4 is 10.1 Å². The third-order valence-electron chi connectivity index (χ3n) is 5.09. The molecule has 3 heterocycles. The molecule has 2 aliphatic heterocycles. The van der Waals surface area contributed by atoms with Crippen molar-refractivity contribution in [3.05, 3.63) is 51.2 Å². The summed E-state index contributed by atoms with van der Waals surface area (Å²) in [7, 11) is 0. The number of carbonyl (C=O) groups excluding carboxylic acids is 3. The number of hydrogen-bond acceptors (Lipinski definition) is 5. The number of nitrogens with one attached hydrogen (secondary N) is 1. The number of hydrogen-bond donors (Lipinski definition) is 1. The third-order valence-corrected chi connectivity index (χ3v) is 6.09. The molecule has 1 aromatic carbocycles. The maximum absolute atomic E-state index is 12.7. The fourth-order valence-corrected chi connectivity index (χ4v) is 4.44. The van der Waals surface area contributed by atoms with Crippen LogP contribution in [-0.2, 0) is 29.2 Å². The Balaban J connectivity index is 1.46. The van der Waals surface area contributed by atoms with E-state index in [0.29, 0.717) is 25.1 Å².